The number of amidine groups is 1. The van der Waals surface area contributed by atoms with E-state index in [0.717, 1.165) is 0 Å². The quantitative estimate of drug-likeness (QED) is 0.648. The van der Waals surface area contributed by atoms with Gasteiger partial charge in [-0.2, -0.15) is 0 Å². The number of aromatic nitrogens is 1. The molecule has 0 fully saturated rings. The van der Waals surface area contributed by atoms with E-state index in [9.17, 15) is 18.0 Å². The molecule has 10 heteroatoms. The Labute approximate surface area is 149 Å². The number of hydrogen-bond acceptors (Lipinski definition) is 6. The predicted molar refractivity (Wildman–Crippen MR) is 92.6 cm³/mol. The molecule has 0 saturated heterocycles. The second-order valence-electron chi connectivity index (χ2n) is 5.30. The molecule has 134 valence electrons. The minimum Gasteiger partial charge on any atom is -0.273 e. The molecule has 0 saturated carbocycles. The van der Waals surface area contributed by atoms with Crippen molar-refractivity contribution in [2.45, 2.75) is 11.3 Å². The minimum atomic E-state index is -3.60. The zero-order valence-corrected chi connectivity index (χ0v) is 14.3. The molecule has 0 radical (unpaired) electrons. The second-order valence-corrected chi connectivity index (χ2v) is 6.95. The summed E-state index contributed by atoms with van der Waals surface area (Å²) in [6.45, 7) is 0.0531. The number of sulfonamides is 1. The zero-order valence-electron chi connectivity index (χ0n) is 13.5. The summed E-state index contributed by atoms with van der Waals surface area (Å²) in [4.78, 5) is 31.7. The summed E-state index contributed by atoms with van der Waals surface area (Å²) in [5, 5.41) is 0. The Bertz CT molecular complexity index is 973. The van der Waals surface area contributed by atoms with Crippen molar-refractivity contribution in [2.24, 2.45) is 4.99 Å². The van der Waals surface area contributed by atoms with Gasteiger partial charge < -0.3 is 0 Å². The summed E-state index contributed by atoms with van der Waals surface area (Å²) in [6.07, 6.45) is 1.43. The van der Waals surface area contributed by atoms with E-state index in [1.165, 1.54) is 18.3 Å². The van der Waals surface area contributed by atoms with E-state index in [2.05, 4.69) is 25.6 Å². The van der Waals surface area contributed by atoms with E-state index in [-0.39, 0.29) is 29.4 Å². The standard InChI is InChI=1S/C16H15N5O4S/c22-14(19-20-16(23)12-6-3-4-9-17-12)8-10-18-15-11-5-1-2-7-13(11)26(24,25)21-15/h1-7,9H,8,10H2,(H,18,21)(H,19,22)(H,20,23). The van der Waals surface area contributed by atoms with Crippen LogP contribution in [-0.2, 0) is 14.8 Å². The fourth-order valence-electron chi connectivity index (χ4n) is 2.27. The van der Waals surface area contributed by atoms with Crippen LogP contribution >= 0.6 is 0 Å². The van der Waals surface area contributed by atoms with E-state index in [1.54, 1.807) is 30.3 Å². The number of carbonyl (C=O) groups excluding carboxylic acids is 2. The lowest BCUT2D eigenvalue weighted by Gasteiger charge is -2.06. The molecular formula is C16H15N5O4S. The van der Waals surface area contributed by atoms with Crippen LogP contribution in [0.2, 0.25) is 0 Å². The van der Waals surface area contributed by atoms with Gasteiger partial charge >= 0.3 is 0 Å². The van der Waals surface area contributed by atoms with Gasteiger partial charge in [0.1, 0.15) is 11.5 Å². The largest absolute Gasteiger partial charge is 0.288 e. The summed E-state index contributed by atoms with van der Waals surface area (Å²) in [7, 11) is -3.60. The maximum atomic E-state index is 11.9. The van der Waals surface area contributed by atoms with Crippen LogP contribution in [0.4, 0.5) is 0 Å². The van der Waals surface area contributed by atoms with Gasteiger partial charge in [-0.05, 0) is 24.3 Å². The minimum absolute atomic E-state index is 0.0319. The Balaban J connectivity index is 1.53. The van der Waals surface area contributed by atoms with Gasteiger partial charge in [0.05, 0.1) is 11.4 Å². The summed E-state index contributed by atoms with van der Waals surface area (Å²) >= 11 is 0. The number of benzene rings is 1. The molecule has 1 aromatic carbocycles. The second kappa shape index (κ2) is 7.31. The Morgan fingerprint density at radius 2 is 1.85 bits per heavy atom. The van der Waals surface area contributed by atoms with Crippen molar-refractivity contribution in [3.05, 3.63) is 59.9 Å². The molecule has 1 aromatic heterocycles. The van der Waals surface area contributed by atoms with Crippen molar-refractivity contribution >= 4 is 27.7 Å². The third-order valence-electron chi connectivity index (χ3n) is 3.48. The number of pyridine rings is 1. The number of nitrogens with one attached hydrogen (secondary N) is 3. The predicted octanol–water partition coefficient (Wildman–Crippen LogP) is -0.0286. The maximum absolute atomic E-state index is 11.9. The monoisotopic (exact) mass is 373 g/mol. The number of aliphatic imine (C=N–C) groups is 1. The Kier molecular flexibility index (Phi) is 4.94. The SMILES string of the molecule is O=C(CCN=C1NS(=O)(=O)c2ccccc21)NNC(=O)c1ccccn1. The molecule has 0 atom stereocenters. The van der Waals surface area contributed by atoms with E-state index < -0.39 is 21.8 Å². The number of hydrazine groups is 1. The van der Waals surface area contributed by atoms with Crippen LogP contribution in [0, 0.1) is 0 Å². The number of fused-ring (bicyclic) bond motifs is 1. The van der Waals surface area contributed by atoms with Crippen LogP contribution < -0.4 is 15.6 Å². The first-order valence-electron chi connectivity index (χ1n) is 7.64. The van der Waals surface area contributed by atoms with E-state index in [4.69, 9.17) is 0 Å². The Morgan fingerprint density at radius 1 is 1.08 bits per heavy atom. The highest BCUT2D eigenvalue weighted by atomic mass is 32.2. The maximum Gasteiger partial charge on any atom is 0.288 e. The summed E-state index contributed by atoms with van der Waals surface area (Å²) in [5.74, 6) is -0.804. The third kappa shape index (κ3) is 3.86. The lowest BCUT2D eigenvalue weighted by molar-refractivity contribution is -0.121. The molecule has 0 unspecified atom stereocenters. The van der Waals surface area contributed by atoms with Crippen molar-refractivity contribution in [1.29, 1.82) is 0 Å². The van der Waals surface area contributed by atoms with Gasteiger partial charge in [0.2, 0.25) is 5.91 Å². The third-order valence-corrected chi connectivity index (χ3v) is 4.88. The molecule has 0 aliphatic carbocycles. The molecule has 0 bridgehead atoms. The summed E-state index contributed by atoms with van der Waals surface area (Å²) < 4.78 is 26.2. The Morgan fingerprint density at radius 3 is 2.62 bits per heavy atom. The fraction of sp³-hybridized carbons (Fsp3) is 0.125. The molecule has 1 aliphatic heterocycles. The molecule has 2 aromatic rings. The van der Waals surface area contributed by atoms with Crippen molar-refractivity contribution in [2.75, 3.05) is 6.54 Å². The van der Waals surface area contributed by atoms with Crippen molar-refractivity contribution < 1.29 is 18.0 Å². The topological polar surface area (TPSA) is 130 Å². The highest BCUT2D eigenvalue weighted by Crippen LogP contribution is 2.22. The Hall–Kier alpha value is -3.27. The molecule has 0 spiro atoms. The number of carbonyl (C=O) groups is 2. The lowest BCUT2D eigenvalue weighted by atomic mass is 10.2. The number of hydrogen-bond donors (Lipinski definition) is 3. The van der Waals surface area contributed by atoms with Crippen molar-refractivity contribution in [3.63, 3.8) is 0 Å². The number of rotatable bonds is 4. The first kappa shape index (κ1) is 17.5. The van der Waals surface area contributed by atoms with Crippen LogP contribution in [0.15, 0.2) is 58.5 Å². The highest BCUT2D eigenvalue weighted by Gasteiger charge is 2.29. The van der Waals surface area contributed by atoms with Gasteiger partial charge in [0.25, 0.3) is 15.9 Å². The summed E-state index contributed by atoms with van der Waals surface area (Å²) in [5.41, 5.74) is 5.14. The van der Waals surface area contributed by atoms with Crippen LogP contribution in [-0.4, -0.2) is 37.6 Å². The van der Waals surface area contributed by atoms with E-state index in [1.807, 2.05) is 0 Å². The van der Waals surface area contributed by atoms with Crippen LogP contribution in [0.3, 0.4) is 0 Å². The van der Waals surface area contributed by atoms with E-state index >= 15 is 0 Å². The highest BCUT2D eigenvalue weighted by molar-refractivity contribution is 7.90. The molecule has 26 heavy (non-hydrogen) atoms. The molecule has 3 N–H and O–H groups in total. The van der Waals surface area contributed by atoms with Crippen LogP contribution in [0.1, 0.15) is 22.5 Å². The smallest absolute Gasteiger partial charge is 0.273 e. The molecular weight excluding hydrogens is 358 g/mol. The van der Waals surface area contributed by atoms with Gasteiger partial charge in [-0.1, -0.05) is 18.2 Å². The van der Waals surface area contributed by atoms with Crippen molar-refractivity contribution in [1.82, 2.24) is 20.6 Å². The molecule has 3 rings (SSSR count). The average molecular weight is 373 g/mol. The first-order valence-corrected chi connectivity index (χ1v) is 9.12. The zero-order chi connectivity index (χ0) is 18.6. The van der Waals surface area contributed by atoms with E-state index in [0.29, 0.717) is 5.56 Å². The van der Waals surface area contributed by atoms with Gasteiger partial charge in [0, 0.05) is 18.2 Å². The number of amides is 2. The molecule has 2 heterocycles. The lowest BCUT2D eigenvalue weighted by Crippen LogP contribution is -2.42. The summed E-state index contributed by atoms with van der Waals surface area (Å²) in [6, 6.07) is 11.3. The molecule has 2 amide bonds. The normalized spacial score (nSPS) is 15.8. The van der Waals surface area contributed by atoms with Gasteiger partial charge in [-0.15, -0.1) is 0 Å². The van der Waals surface area contributed by atoms with Crippen LogP contribution in [0.5, 0.6) is 0 Å². The van der Waals surface area contributed by atoms with Crippen LogP contribution in [0.25, 0.3) is 0 Å². The fourth-order valence-corrected chi connectivity index (χ4v) is 3.52. The van der Waals surface area contributed by atoms with Gasteiger partial charge in [-0.25, -0.2) is 8.42 Å². The average Bonchev–Trinajstić information content (AvgIpc) is 2.91. The molecule has 9 nitrogen and oxygen atoms in total. The first-order chi connectivity index (χ1) is 12.5. The van der Waals surface area contributed by atoms with Gasteiger partial charge in [-0.3, -0.25) is 35.1 Å². The molecule has 1 aliphatic rings. The number of nitrogens with zero attached hydrogens (tertiary/aromatic N) is 2. The van der Waals surface area contributed by atoms with Crippen molar-refractivity contribution in [3.8, 4) is 0 Å². The van der Waals surface area contributed by atoms with Gasteiger partial charge in [0.15, 0.2) is 0 Å².